The maximum atomic E-state index is 10.9. The van der Waals surface area contributed by atoms with Gasteiger partial charge < -0.3 is 10.6 Å². The number of anilines is 1. The molecule has 0 aliphatic rings. The van der Waals surface area contributed by atoms with E-state index in [1.807, 2.05) is 6.92 Å². The van der Waals surface area contributed by atoms with Gasteiger partial charge in [-0.05, 0) is 20.9 Å². The highest BCUT2D eigenvalue weighted by Crippen LogP contribution is 2.05. The number of rotatable bonds is 3. The molecule has 0 amide bonds. The fraction of sp³-hybridized carbons (Fsp3) is 0.500. The molecule has 0 aliphatic heterocycles. The van der Waals surface area contributed by atoms with Gasteiger partial charge in [0.2, 0.25) is 10.9 Å². The monoisotopic (exact) mass is 168 g/mol. The highest BCUT2D eigenvalue weighted by atomic mass is 16.2. The summed E-state index contributed by atoms with van der Waals surface area (Å²) in [6, 6.07) is 0. The standard InChI is InChI=1S/C8H12N2O2/c1-4-6(8(12)7(4)11)10-5(2)9-3/h5,9-10H,1-3H3. The highest BCUT2D eigenvalue weighted by molar-refractivity contribution is 5.55. The molecule has 2 N–H and O–H groups in total. The van der Waals surface area contributed by atoms with E-state index in [1.165, 1.54) is 0 Å². The van der Waals surface area contributed by atoms with Crippen molar-refractivity contribution in [1.29, 1.82) is 0 Å². The fourth-order valence-corrected chi connectivity index (χ4v) is 0.968. The summed E-state index contributed by atoms with van der Waals surface area (Å²) in [5.41, 5.74) is 0.194. The minimum Gasteiger partial charge on any atom is -0.367 e. The van der Waals surface area contributed by atoms with Crippen LogP contribution >= 0.6 is 0 Å². The van der Waals surface area contributed by atoms with Gasteiger partial charge in [0, 0.05) is 5.56 Å². The number of nitrogens with one attached hydrogen (secondary N) is 2. The first-order valence-corrected chi connectivity index (χ1v) is 3.81. The summed E-state index contributed by atoms with van der Waals surface area (Å²) in [4.78, 5) is 21.7. The van der Waals surface area contributed by atoms with Crippen molar-refractivity contribution in [1.82, 2.24) is 5.32 Å². The highest BCUT2D eigenvalue weighted by Gasteiger charge is 2.17. The Morgan fingerprint density at radius 2 is 1.83 bits per heavy atom. The summed E-state index contributed by atoms with van der Waals surface area (Å²) in [7, 11) is 1.78. The smallest absolute Gasteiger partial charge is 0.249 e. The molecule has 4 nitrogen and oxygen atoms in total. The molecule has 0 fully saturated rings. The minimum absolute atomic E-state index is 0.00648. The van der Waals surface area contributed by atoms with E-state index in [0.29, 0.717) is 11.3 Å². The molecule has 0 saturated carbocycles. The molecule has 0 saturated heterocycles. The van der Waals surface area contributed by atoms with Gasteiger partial charge in [-0.15, -0.1) is 0 Å². The van der Waals surface area contributed by atoms with Crippen LogP contribution < -0.4 is 21.5 Å². The molecular weight excluding hydrogens is 156 g/mol. The van der Waals surface area contributed by atoms with Gasteiger partial charge in [-0.2, -0.15) is 0 Å². The van der Waals surface area contributed by atoms with Gasteiger partial charge >= 0.3 is 0 Å². The quantitative estimate of drug-likeness (QED) is 0.475. The van der Waals surface area contributed by atoms with Gasteiger partial charge in [-0.25, -0.2) is 0 Å². The molecule has 0 radical (unpaired) electrons. The Labute approximate surface area is 70.3 Å². The van der Waals surface area contributed by atoms with Gasteiger partial charge in [0.05, 0.1) is 11.9 Å². The second-order valence-electron chi connectivity index (χ2n) is 2.81. The lowest BCUT2D eigenvalue weighted by atomic mass is 10.1. The van der Waals surface area contributed by atoms with Crippen LogP contribution in [0.2, 0.25) is 0 Å². The molecule has 0 aliphatic carbocycles. The van der Waals surface area contributed by atoms with Gasteiger partial charge in [0.1, 0.15) is 0 Å². The summed E-state index contributed by atoms with van der Waals surface area (Å²) in [6.45, 7) is 3.52. The Morgan fingerprint density at radius 3 is 2.25 bits per heavy atom. The summed E-state index contributed by atoms with van der Waals surface area (Å²) in [5, 5.41) is 5.81. The average Bonchev–Trinajstić information content (AvgIpc) is 2.11. The second-order valence-corrected chi connectivity index (χ2v) is 2.81. The first-order chi connectivity index (χ1) is 5.57. The molecular formula is C8H12N2O2. The zero-order valence-corrected chi connectivity index (χ0v) is 7.39. The van der Waals surface area contributed by atoms with E-state index in [2.05, 4.69) is 10.6 Å². The number of hydrogen-bond donors (Lipinski definition) is 2. The number of hydrogen-bond acceptors (Lipinski definition) is 4. The van der Waals surface area contributed by atoms with E-state index in [4.69, 9.17) is 0 Å². The van der Waals surface area contributed by atoms with Crippen molar-refractivity contribution < 1.29 is 0 Å². The zero-order valence-electron chi connectivity index (χ0n) is 7.39. The van der Waals surface area contributed by atoms with Gasteiger partial charge in [-0.1, -0.05) is 0 Å². The van der Waals surface area contributed by atoms with Crippen molar-refractivity contribution in [2.75, 3.05) is 12.4 Å². The van der Waals surface area contributed by atoms with Crippen molar-refractivity contribution in [3.63, 3.8) is 0 Å². The average molecular weight is 168 g/mol. The Balaban J connectivity index is 2.79. The van der Waals surface area contributed by atoms with E-state index < -0.39 is 5.43 Å². The van der Waals surface area contributed by atoms with Crippen molar-refractivity contribution in [3.8, 4) is 0 Å². The van der Waals surface area contributed by atoms with Crippen molar-refractivity contribution in [3.05, 3.63) is 26.0 Å². The third-order valence-corrected chi connectivity index (χ3v) is 1.94. The Bertz CT molecular complexity index is 350. The molecule has 4 heteroatoms. The van der Waals surface area contributed by atoms with Crippen LogP contribution in [0, 0.1) is 6.92 Å². The van der Waals surface area contributed by atoms with E-state index in [1.54, 1.807) is 14.0 Å². The maximum absolute atomic E-state index is 10.9. The van der Waals surface area contributed by atoms with Crippen LogP contribution in [-0.2, 0) is 0 Å². The minimum atomic E-state index is -0.408. The Morgan fingerprint density at radius 1 is 1.25 bits per heavy atom. The van der Waals surface area contributed by atoms with Crippen LogP contribution in [0.3, 0.4) is 0 Å². The Hall–Kier alpha value is -1.16. The van der Waals surface area contributed by atoms with Crippen LogP contribution in [0.4, 0.5) is 5.69 Å². The van der Waals surface area contributed by atoms with E-state index in [0.717, 1.165) is 0 Å². The van der Waals surface area contributed by atoms with Crippen LogP contribution in [0.15, 0.2) is 9.59 Å². The van der Waals surface area contributed by atoms with E-state index in [9.17, 15) is 9.59 Å². The SMILES string of the molecule is CNC(C)Nc1c(C)c(=O)c1=O. The van der Waals surface area contributed by atoms with Gasteiger partial charge in [0.15, 0.2) is 0 Å². The molecule has 1 aromatic carbocycles. The van der Waals surface area contributed by atoms with Crippen molar-refractivity contribution >= 4 is 5.69 Å². The predicted octanol–water partition coefficient (Wildman–Crippen LogP) is -0.432. The first-order valence-electron chi connectivity index (χ1n) is 3.81. The molecule has 0 spiro atoms. The predicted molar refractivity (Wildman–Crippen MR) is 48.2 cm³/mol. The molecule has 1 rings (SSSR count). The lowest BCUT2D eigenvalue weighted by molar-refractivity contribution is 0.679. The lowest BCUT2D eigenvalue weighted by Gasteiger charge is -2.16. The van der Waals surface area contributed by atoms with Crippen LogP contribution in [-0.4, -0.2) is 13.2 Å². The molecule has 0 aromatic heterocycles. The third kappa shape index (κ3) is 1.25. The summed E-state index contributed by atoms with van der Waals surface area (Å²) in [6.07, 6.45) is 0.00648. The van der Waals surface area contributed by atoms with Gasteiger partial charge in [-0.3, -0.25) is 9.59 Å². The first kappa shape index (κ1) is 8.93. The van der Waals surface area contributed by atoms with E-state index in [-0.39, 0.29) is 11.6 Å². The van der Waals surface area contributed by atoms with E-state index >= 15 is 0 Å². The lowest BCUT2D eigenvalue weighted by Crippen LogP contribution is -2.41. The normalized spacial score (nSPS) is 13.2. The fourth-order valence-electron chi connectivity index (χ4n) is 0.968. The topological polar surface area (TPSA) is 58.2 Å². The molecule has 0 heterocycles. The summed E-state index contributed by atoms with van der Waals surface area (Å²) >= 11 is 0. The summed E-state index contributed by atoms with van der Waals surface area (Å²) < 4.78 is 0. The molecule has 1 atom stereocenters. The zero-order chi connectivity index (χ0) is 9.30. The molecule has 66 valence electrons. The molecule has 1 unspecified atom stereocenters. The van der Waals surface area contributed by atoms with Gasteiger partial charge in [0.25, 0.3) is 0 Å². The van der Waals surface area contributed by atoms with Crippen molar-refractivity contribution in [2.45, 2.75) is 20.0 Å². The second kappa shape index (κ2) is 3.06. The molecule has 12 heavy (non-hydrogen) atoms. The third-order valence-electron chi connectivity index (χ3n) is 1.94. The Kier molecular flexibility index (Phi) is 2.28. The van der Waals surface area contributed by atoms with Crippen molar-refractivity contribution in [2.24, 2.45) is 0 Å². The summed E-state index contributed by atoms with van der Waals surface area (Å²) in [5.74, 6) is 0. The van der Waals surface area contributed by atoms with Crippen LogP contribution in [0.5, 0.6) is 0 Å². The molecule has 0 bridgehead atoms. The van der Waals surface area contributed by atoms with Crippen LogP contribution in [0.1, 0.15) is 12.5 Å². The molecule has 1 aromatic rings. The maximum Gasteiger partial charge on any atom is 0.249 e. The van der Waals surface area contributed by atoms with Crippen LogP contribution in [0.25, 0.3) is 0 Å². The largest absolute Gasteiger partial charge is 0.367 e.